The van der Waals surface area contributed by atoms with Gasteiger partial charge >= 0.3 is 5.97 Å². The van der Waals surface area contributed by atoms with Crippen molar-refractivity contribution in [3.8, 4) is 5.69 Å². The molecule has 9 nitrogen and oxygen atoms in total. The molecule has 1 saturated heterocycles. The van der Waals surface area contributed by atoms with E-state index in [-0.39, 0.29) is 11.5 Å². The zero-order valence-electron chi connectivity index (χ0n) is 18.7. The number of aromatic carboxylic acids is 1. The summed E-state index contributed by atoms with van der Waals surface area (Å²) < 4.78 is 6.89. The summed E-state index contributed by atoms with van der Waals surface area (Å²) in [4.78, 5) is 31.8. The van der Waals surface area contributed by atoms with E-state index in [1.54, 1.807) is 19.9 Å². The monoisotopic (exact) mass is 451 g/mol. The van der Waals surface area contributed by atoms with Gasteiger partial charge < -0.3 is 24.6 Å². The van der Waals surface area contributed by atoms with Crippen LogP contribution in [0, 0.1) is 0 Å². The molecule has 3 aromatic rings. The van der Waals surface area contributed by atoms with Gasteiger partial charge in [0, 0.05) is 37.6 Å². The molecule has 1 fully saturated rings. The Morgan fingerprint density at radius 3 is 2.52 bits per heavy atom. The minimum absolute atomic E-state index is 0.0405. The number of carbonyl (C=O) groups excluding carboxylic acids is 2. The third kappa shape index (κ3) is 4.84. The van der Waals surface area contributed by atoms with E-state index < -0.39 is 12.1 Å². The molecule has 2 aromatic carbocycles. The Morgan fingerprint density at radius 1 is 1.12 bits per heavy atom. The Hall–Kier alpha value is -3.43. The molecular formula is C24H27N4O5-. The third-order valence-corrected chi connectivity index (χ3v) is 5.77. The highest BCUT2D eigenvalue weighted by atomic mass is 16.5. The molecule has 1 atom stereocenters. The summed E-state index contributed by atoms with van der Waals surface area (Å²) in [6.45, 7) is 7.16. The minimum atomic E-state index is -1.27. The number of carboxylic acids is 1. The van der Waals surface area contributed by atoms with Crippen molar-refractivity contribution in [1.29, 1.82) is 0 Å². The Bertz CT molecular complexity index is 1160. The zero-order chi connectivity index (χ0) is 23.5. The third-order valence-electron chi connectivity index (χ3n) is 5.77. The molecule has 1 aliphatic heterocycles. The highest BCUT2D eigenvalue weighted by Crippen LogP contribution is 2.28. The number of hydrogen-bond acceptors (Lipinski definition) is 8. The van der Waals surface area contributed by atoms with Crippen LogP contribution in [0.3, 0.4) is 0 Å². The molecule has 33 heavy (non-hydrogen) atoms. The molecular weight excluding hydrogens is 424 g/mol. The molecule has 0 radical (unpaired) electrons. The molecule has 0 aliphatic carbocycles. The van der Waals surface area contributed by atoms with Gasteiger partial charge in [0.25, 0.3) is 0 Å². The summed E-state index contributed by atoms with van der Waals surface area (Å²) in [5, 5.41) is 21.6. The Kier molecular flexibility index (Phi) is 6.62. The lowest BCUT2D eigenvalue weighted by Gasteiger charge is -2.35. The number of imidazole rings is 1. The molecule has 4 rings (SSSR count). The first-order chi connectivity index (χ1) is 15.9. The number of esters is 1. The van der Waals surface area contributed by atoms with Crippen molar-refractivity contribution >= 4 is 28.7 Å². The van der Waals surface area contributed by atoms with Gasteiger partial charge in [-0.05, 0) is 49.7 Å². The molecule has 9 heteroatoms. The van der Waals surface area contributed by atoms with E-state index in [0.29, 0.717) is 30.0 Å². The standard InChI is InChI=1S/C24H28N4O5/c1-3-33-22(30)15-26-9-11-27(12-10-26)18-5-4-6-19(14-18)28-21-8-7-17(24(31)32)13-20(21)25-23(28)16(2)29/h4-8,13-14,16,29H,3,9-12,15H2,1-2H3,(H,31,32)/p-1. The van der Waals surface area contributed by atoms with E-state index in [1.165, 1.54) is 12.1 Å². The van der Waals surface area contributed by atoms with E-state index in [0.717, 1.165) is 37.6 Å². The van der Waals surface area contributed by atoms with Gasteiger partial charge in [0.1, 0.15) is 11.9 Å². The van der Waals surface area contributed by atoms with Crippen LogP contribution in [-0.2, 0) is 9.53 Å². The van der Waals surface area contributed by atoms with Gasteiger partial charge in [-0.2, -0.15) is 0 Å². The summed E-state index contributed by atoms with van der Waals surface area (Å²) in [6, 6.07) is 12.6. The normalized spacial score (nSPS) is 15.5. The maximum Gasteiger partial charge on any atom is 0.320 e. The molecule has 1 N–H and O–H groups in total. The Balaban J connectivity index is 1.60. The van der Waals surface area contributed by atoms with Crippen LogP contribution in [0.25, 0.3) is 16.7 Å². The van der Waals surface area contributed by atoms with Crippen molar-refractivity contribution in [1.82, 2.24) is 14.5 Å². The van der Waals surface area contributed by atoms with Gasteiger partial charge in [-0.3, -0.25) is 14.3 Å². The average Bonchev–Trinajstić information content (AvgIpc) is 3.19. The highest BCUT2D eigenvalue weighted by molar-refractivity contribution is 5.91. The molecule has 174 valence electrons. The van der Waals surface area contributed by atoms with Crippen molar-refractivity contribution in [2.75, 3.05) is 44.2 Å². The fourth-order valence-corrected chi connectivity index (χ4v) is 4.16. The lowest BCUT2D eigenvalue weighted by Crippen LogP contribution is -2.48. The number of anilines is 1. The van der Waals surface area contributed by atoms with Gasteiger partial charge in [0.15, 0.2) is 0 Å². The van der Waals surface area contributed by atoms with Gasteiger partial charge in [0.05, 0.1) is 30.2 Å². The molecule has 1 unspecified atom stereocenters. The van der Waals surface area contributed by atoms with E-state index in [1.807, 2.05) is 28.8 Å². The SMILES string of the molecule is CCOC(=O)CN1CCN(c2cccc(-n3c(C(C)O)nc4cc(C(=O)[O-])ccc43)c2)CC1. The van der Waals surface area contributed by atoms with Gasteiger partial charge in [-0.25, -0.2) is 4.98 Å². The zero-order valence-corrected chi connectivity index (χ0v) is 18.7. The topological polar surface area (TPSA) is 111 Å². The van der Waals surface area contributed by atoms with Crippen molar-refractivity contribution in [3.05, 3.63) is 53.9 Å². The maximum absolute atomic E-state index is 11.7. The average molecular weight is 452 g/mol. The lowest BCUT2D eigenvalue weighted by atomic mass is 10.2. The maximum atomic E-state index is 11.7. The summed E-state index contributed by atoms with van der Waals surface area (Å²) in [7, 11) is 0. The van der Waals surface area contributed by atoms with Crippen LogP contribution in [0.5, 0.6) is 0 Å². The van der Waals surface area contributed by atoms with Crippen molar-refractivity contribution in [3.63, 3.8) is 0 Å². The van der Waals surface area contributed by atoms with Crippen LogP contribution in [0.2, 0.25) is 0 Å². The number of carboxylic acid groups (broad SMARTS) is 1. The number of aliphatic hydroxyl groups excluding tert-OH is 1. The predicted molar refractivity (Wildman–Crippen MR) is 121 cm³/mol. The second-order valence-corrected chi connectivity index (χ2v) is 8.06. The van der Waals surface area contributed by atoms with Crippen LogP contribution in [0.4, 0.5) is 5.69 Å². The quantitative estimate of drug-likeness (QED) is 0.532. The van der Waals surface area contributed by atoms with Gasteiger partial charge in [-0.1, -0.05) is 12.1 Å². The number of fused-ring (bicyclic) bond motifs is 1. The second-order valence-electron chi connectivity index (χ2n) is 8.06. The molecule has 0 saturated carbocycles. The smallest absolute Gasteiger partial charge is 0.320 e. The fraction of sp³-hybridized carbons (Fsp3) is 0.375. The highest BCUT2D eigenvalue weighted by Gasteiger charge is 2.21. The van der Waals surface area contributed by atoms with Crippen LogP contribution in [0.1, 0.15) is 36.1 Å². The lowest BCUT2D eigenvalue weighted by molar-refractivity contribution is -0.255. The summed E-state index contributed by atoms with van der Waals surface area (Å²) in [5.41, 5.74) is 3.06. The first-order valence-corrected chi connectivity index (χ1v) is 11.0. The van der Waals surface area contributed by atoms with Crippen LogP contribution >= 0.6 is 0 Å². The number of ether oxygens (including phenoxy) is 1. The number of carbonyl (C=O) groups is 2. The number of aromatic nitrogens is 2. The summed E-state index contributed by atoms with van der Waals surface area (Å²) >= 11 is 0. The molecule has 0 spiro atoms. The first kappa shape index (κ1) is 22.8. The number of aliphatic hydroxyl groups is 1. The second kappa shape index (κ2) is 9.60. The number of benzene rings is 2. The largest absolute Gasteiger partial charge is 0.545 e. The molecule has 1 aromatic heterocycles. The van der Waals surface area contributed by atoms with Crippen molar-refractivity contribution in [2.45, 2.75) is 20.0 Å². The van der Waals surface area contributed by atoms with E-state index >= 15 is 0 Å². The molecule has 2 heterocycles. The van der Waals surface area contributed by atoms with Gasteiger partial charge in [-0.15, -0.1) is 0 Å². The van der Waals surface area contributed by atoms with E-state index in [4.69, 9.17) is 4.74 Å². The fourth-order valence-electron chi connectivity index (χ4n) is 4.16. The summed E-state index contributed by atoms with van der Waals surface area (Å²) in [6.07, 6.45) is -0.848. The van der Waals surface area contributed by atoms with E-state index in [2.05, 4.69) is 14.8 Å². The van der Waals surface area contributed by atoms with Gasteiger partial charge in [0.2, 0.25) is 0 Å². The van der Waals surface area contributed by atoms with Crippen molar-refractivity contribution < 1.29 is 24.5 Å². The number of hydrogen-bond donors (Lipinski definition) is 1. The number of piperazine rings is 1. The molecule has 0 bridgehead atoms. The van der Waals surface area contributed by atoms with Crippen molar-refractivity contribution in [2.24, 2.45) is 0 Å². The Labute approximate surface area is 191 Å². The Morgan fingerprint density at radius 2 is 1.85 bits per heavy atom. The number of nitrogens with zero attached hydrogens (tertiary/aromatic N) is 4. The van der Waals surface area contributed by atoms with E-state index in [9.17, 15) is 19.8 Å². The summed E-state index contributed by atoms with van der Waals surface area (Å²) in [5.74, 6) is -1.04. The van der Waals surface area contributed by atoms with Crippen LogP contribution in [-0.4, -0.2) is 70.8 Å². The first-order valence-electron chi connectivity index (χ1n) is 11.0. The predicted octanol–water partition coefficient (Wildman–Crippen LogP) is 1.13. The van der Waals surface area contributed by atoms with Crippen LogP contribution in [0.15, 0.2) is 42.5 Å². The minimum Gasteiger partial charge on any atom is -0.545 e. The molecule has 1 aliphatic rings. The molecule has 0 amide bonds. The number of rotatable bonds is 7. The van der Waals surface area contributed by atoms with Crippen LogP contribution < -0.4 is 10.0 Å².